The third kappa shape index (κ3) is 8.85. The molecule has 0 aliphatic carbocycles. The number of ether oxygens (including phenoxy) is 1. The van der Waals surface area contributed by atoms with Gasteiger partial charge in [0.15, 0.2) is 0 Å². The van der Waals surface area contributed by atoms with Gasteiger partial charge in [-0.25, -0.2) is 0 Å². The zero-order valence-corrected chi connectivity index (χ0v) is 10.8. The van der Waals surface area contributed by atoms with Crippen molar-refractivity contribution >= 4 is 0 Å². The lowest BCUT2D eigenvalue weighted by Crippen LogP contribution is -2.35. The lowest BCUT2D eigenvalue weighted by Gasteiger charge is -2.22. The summed E-state index contributed by atoms with van der Waals surface area (Å²) in [4.78, 5) is 2.15. The van der Waals surface area contributed by atoms with Crippen LogP contribution in [0.1, 0.15) is 13.8 Å². The van der Waals surface area contributed by atoms with E-state index in [1.54, 1.807) is 7.11 Å². The Labute approximate surface area is 99.3 Å². The molecule has 0 radical (unpaired) electrons. The van der Waals surface area contributed by atoms with E-state index >= 15 is 0 Å². The number of aliphatic hydroxyl groups excluding tert-OH is 1. The van der Waals surface area contributed by atoms with Gasteiger partial charge in [-0.1, -0.05) is 20.4 Å². The summed E-state index contributed by atoms with van der Waals surface area (Å²) in [6.07, 6.45) is 0. The van der Waals surface area contributed by atoms with Crippen LogP contribution in [0.4, 0.5) is 0 Å². The van der Waals surface area contributed by atoms with Gasteiger partial charge < -0.3 is 15.2 Å². The van der Waals surface area contributed by atoms with Gasteiger partial charge in [0.1, 0.15) is 0 Å². The first-order valence-electron chi connectivity index (χ1n) is 5.82. The summed E-state index contributed by atoms with van der Waals surface area (Å²) >= 11 is 0. The second kappa shape index (κ2) is 9.78. The second-order valence-corrected chi connectivity index (χ2v) is 4.28. The van der Waals surface area contributed by atoms with Gasteiger partial charge in [-0.2, -0.15) is 0 Å². The SMILES string of the molecule is C=C(CNC(C)C)CN(CCO)CCOC. The van der Waals surface area contributed by atoms with Crippen molar-refractivity contribution in [3.63, 3.8) is 0 Å². The molecule has 2 N–H and O–H groups in total. The number of rotatable bonds is 10. The van der Waals surface area contributed by atoms with Crippen LogP contribution < -0.4 is 5.32 Å². The van der Waals surface area contributed by atoms with Gasteiger partial charge in [0.25, 0.3) is 0 Å². The van der Waals surface area contributed by atoms with Crippen molar-refractivity contribution in [2.24, 2.45) is 0 Å². The molecule has 16 heavy (non-hydrogen) atoms. The Hall–Kier alpha value is -0.420. The smallest absolute Gasteiger partial charge is 0.0589 e. The maximum Gasteiger partial charge on any atom is 0.0589 e. The Morgan fingerprint density at radius 2 is 2.12 bits per heavy atom. The van der Waals surface area contributed by atoms with Crippen LogP contribution in [0.5, 0.6) is 0 Å². The largest absolute Gasteiger partial charge is 0.395 e. The topological polar surface area (TPSA) is 44.7 Å². The van der Waals surface area contributed by atoms with Crippen molar-refractivity contribution in [3.05, 3.63) is 12.2 Å². The molecule has 0 aromatic carbocycles. The van der Waals surface area contributed by atoms with Gasteiger partial charge in [-0.3, -0.25) is 4.90 Å². The third-order valence-electron chi connectivity index (χ3n) is 2.24. The van der Waals surface area contributed by atoms with Crippen LogP contribution in [0, 0.1) is 0 Å². The van der Waals surface area contributed by atoms with Crippen molar-refractivity contribution in [2.45, 2.75) is 19.9 Å². The number of nitrogens with zero attached hydrogens (tertiary/aromatic N) is 1. The average molecular weight is 230 g/mol. The fourth-order valence-corrected chi connectivity index (χ4v) is 1.35. The molecule has 96 valence electrons. The number of hydrogen-bond acceptors (Lipinski definition) is 4. The van der Waals surface area contributed by atoms with Crippen LogP contribution in [0.3, 0.4) is 0 Å². The van der Waals surface area contributed by atoms with E-state index in [0.717, 1.165) is 25.2 Å². The monoisotopic (exact) mass is 230 g/mol. The third-order valence-corrected chi connectivity index (χ3v) is 2.24. The molecule has 0 unspecified atom stereocenters. The highest BCUT2D eigenvalue weighted by atomic mass is 16.5. The van der Waals surface area contributed by atoms with Crippen molar-refractivity contribution in [1.82, 2.24) is 10.2 Å². The van der Waals surface area contributed by atoms with Crippen molar-refractivity contribution in [3.8, 4) is 0 Å². The van der Waals surface area contributed by atoms with E-state index in [1.165, 1.54) is 0 Å². The number of nitrogens with one attached hydrogen (secondary N) is 1. The summed E-state index contributed by atoms with van der Waals surface area (Å²) in [6, 6.07) is 0.474. The Bertz CT molecular complexity index is 184. The second-order valence-electron chi connectivity index (χ2n) is 4.28. The first-order valence-corrected chi connectivity index (χ1v) is 5.82. The fraction of sp³-hybridized carbons (Fsp3) is 0.833. The Morgan fingerprint density at radius 3 is 2.62 bits per heavy atom. The molecule has 0 heterocycles. The highest BCUT2D eigenvalue weighted by Crippen LogP contribution is 1.96. The molecule has 4 heteroatoms. The zero-order valence-electron chi connectivity index (χ0n) is 10.8. The lowest BCUT2D eigenvalue weighted by molar-refractivity contribution is 0.136. The van der Waals surface area contributed by atoms with Crippen LogP contribution in [0.15, 0.2) is 12.2 Å². The summed E-state index contributed by atoms with van der Waals surface area (Å²) in [6.45, 7) is 12.3. The molecule has 0 aromatic heterocycles. The summed E-state index contributed by atoms with van der Waals surface area (Å²) < 4.78 is 5.03. The minimum absolute atomic E-state index is 0.175. The molecule has 0 saturated heterocycles. The molecule has 0 spiro atoms. The molecule has 4 nitrogen and oxygen atoms in total. The standard InChI is InChI=1S/C12H26N2O2/c1-11(2)13-9-12(3)10-14(5-7-15)6-8-16-4/h11,13,15H,3,5-10H2,1-2,4H3. The number of aliphatic hydroxyl groups is 1. The first-order chi connectivity index (χ1) is 7.60. The van der Waals surface area contributed by atoms with E-state index < -0.39 is 0 Å². The minimum atomic E-state index is 0.175. The van der Waals surface area contributed by atoms with Crippen molar-refractivity contribution < 1.29 is 9.84 Å². The van der Waals surface area contributed by atoms with E-state index in [4.69, 9.17) is 9.84 Å². The van der Waals surface area contributed by atoms with Gasteiger partial charge >= 0.3 is 0 Å². The molecular formula is C12H26N2O2. The summed E-state index contributed by atoms with van der Waals surface area (Å²) in [5.41, 5.74) is 1.14. The molecule has 0 aromatic rings. The van der Waals surface area contributed by atoms with Crippen LogP contribution in [0.2, 0.25) is 0 Å². The van der Waals surface area contributed by atoms with Crippen molar-refractivity contribution in [2.75, 3.05) is 46.5 Å². The van der Waals surface area contributed by atoms with E-state index in [0.29, 0.717) is 19.2 Å². The molecule has 0 bridgehead atoms. The highest BCUT2D eigenvalue weighted by molar-refractivity contribution is 5.00. The van der Waals surface area contributed by atoms with Gasteiger partial charge in [-0.15, -0.1) is 0 Å². The van der Waals surface area contributed by atoms with Gasteiger partial charge in [0.2, 0.25) is 0 Å². The molecule has 0 saturated carbocycles. The minimum Gasteiger partial charge on any atom is -0.395 e. The maximum atomic E-state index is 8.94. The molecule has 0 aliphatic rings. The van der Waals surface area contributed by atoms with Crippen LogP contribution in [-0.2, 0) is 4.74 Å². The zero-order chi connectivity index (χ0) is 12.4. The number of methoxy groups -OCH3 is 1. The normalized spacial score (nSPS) is 11.4. The van der Waals surface area contributed by atoms with E-state index in [-0.39, 0.29) is 6.61 Å². The summed E-state index contributed by atoms with van der Waals surface area (Å²) in [5.74, 6) is 0. The average Bonchev–Trinajstić information content (AvgIpc) is 2.23. The number of hydrogen-bond donors (Lipinski definition) is 2. The van der Waals surface area contributed by atoms with Crippen molar-refractivity contribution in [1.29, 1.82) is 0 Å². The fourth-order valence-electron chi connectivity index (χ4n) is 1.35. The lowest BCUT2D eigenvalue weighted by atomic mass is 10.2. The Kier molecular flexibility index (Phi) is 9.52. The molecule has 0 amide bonds. The Morgan fingerprint density at radius 1 is 1.44 bits per heavy atom. The van der Waals surface area contributed by atoms with E-state index in [9.17, 15) is 0 Å². The molecule has 0 aliphatic heterocycles. The quantitative estimate of drug-likeness (QED) is 0.536. The molecule has 0 fully saturated rings. The van der Waals surface area contributed by atoms with Gasteiger partial charge in [0.05, 0.1) is 13.2 Å². The van der Waals surface area contributed by atoms with Crippen LogP contribution >= 0.6 is 0 Å². The van der Waals surface area contributed by atoms with Crippen LogP contribution in [0.25, 0.3) is 0 Å². The van der Waals surface area contributed by atoms with E-state index in [1.807, 2.05) is 0 Å². The highest BCUT2D eigenvalue weighted by Gasteiger charge is 2.06. The molecule has 0 atom stereocenters. The predicted molar refractivity (Wildman–Crippen MR) is 67.7 cm³/mol. The van der Waals surface area contributed by atoms with Gasteiger partial charge in [-0.05, 0) is 5.57 Å². The summed E-state index contributed by atoms with van der Waals surface area (Å²) in [5, 5.41) is 12.3. The Balaban J connectivity index is 3.82. The predicted octanol–water partition coefficient (Wildman–Crippen LogP) is 0.481. The van der Waals surface area contributed by atoms with Crippen LogP contribution in [-0.4, -0.2) is 62.6 Å². The first kappa shape index (κ1) is 15.6. The summed E-state index contributed by atoms with van der Waals surface area (Å²) in [7, 11) is 1.69. The molecule has 0 rings (SSSR count). The van der Waals surface area contributed by atoms with Gasteiger partial charge in [0, 0.05) is 39.3 Å². The van der Waals surface area contributed by atoms with E-state index in [2.05, 4.69) is 30.6 Å². The molecular weight excluding hydrogens is 204 g/mol. The maximum absolute atomic E-state index is 8.94.